The molecule has 1 N–H and O–H groups in total. The molecule has 2 heterocycles. The molecular weight excluding hydrogens is 405 g/mol. The number of nitrogens with one attached hydrogen (secondary N) is 1. The zero-order chi connectivity index (χ0) is 18.8. The Hall–Kier alpha value is -2.34. The minimum Gasteiger partial charge on any atom is -0.365 e. The van der Waals surface area contributed by atoms with Gasteiger partial charge in [0.2, 0.25) is 0 Å². The summed E-state index contributed by atoms with van der Waals surface area (Å²) in [7, 11) is 0. The highest BCUT2D eigenvalue weighted by atomic mass is 35.5. The van der Waals surface area contributed by atoms with Crippen LogP contribution in [0.2, 0.25) is 15.1 Å². The van der Waals surface area contributed by atoms with Crippen LogP contribution in [0.25, 0.3) is 11.0 Å². The van der Waals surface area contributed by atoms with Crippen LogP contribution in [0, 0.1) is 0 Å². The standard InChI is InChI=1S/C19H14Cl3N5/c20-14-4-1-12(2-5-14)10-27-19-16(9-26-27)18(24-11-25-19)23-8-13-3-6-15(21)7-17(13)22/h1-7,9,11H,8,10H2,(H,23,24,25). The summed E-state index contributed by atoms with van der Waals surface area (Å²) in [6, 6.07) is 13.1. The average molecular weight is 419 g/mol. The van der Waals surface area contributed by atoms with Gasteiger partial charge < -0.3 is 5.32 Å². The molecule has 0 saturated carbocycles. The molecule has 0 aliphatic rings. The molecule has 0 saturated heterocycles. The van der Waals surface area contributed by atoms with Gasteiger partial charge in [0, 0.05) is 21.6 Å². The van der Waals surface area contributed by atoms with Crippen molar-refractivity contribution in [3.63, 3.8) is 0 Å². The fourth-order valence-corrected chi connectivity index (χ4v) is 3.36. The van der Waals surface area contributed by atoms with Crippen molar-refractivity contribution < 1.29 is 0 Å². The minimum absolute atomic E-state index is 0.518. The number of aromatic nitrogens is 4. The molecule has 0 bridgehead atoms. The molecule has 4 aromatic rings. The molecule has 0 aliphatic carbocycles. The zero-order valence-electron chi connectivity index (χ0n) is 14.0. The Bertz CT molecular complexity index is 1090. The van der Waals surface area contributed by atoms with Crippen molar-refractivity contribution in [3.05, 3.63) is 81.2 Å². The quantitative estimate of drug-likeness (QED) is 0.468. The second kappa shape index (κ2) is 7.72. The first kappa shape index (κ1) is 18.0. The highest BCUT2D eigenvalue weighted by Crippen LogP contribution is 2.24. The van der Waals surface area contributed by atoms with Gasteiger partial charge in [-0.1, -0.05) is 53.0 Å². The third kappa shape index (κ3) is 4.00. The molecule has 5 nitrogen and oxygen atoms in total. The van der Waals surface area contributed by atoms with Crippen LogP contribution >= 0.6 is 34.8 Å². The molecule has 136 valence electrons. The van der Waals surface area contributed by atoms with Gasteiger partial charge in [-0.25, -0.2) is 14.6 Å². The van der Waals surface area contributed by atoms with Crippen LogP contribution in [0.1, 0.15) is 11.1 Å². The first-order valence-corrected chi connectivity index (χ1v) is 9.32. The van der Waals surface area contributed by atoms with Gasteiger partial charge in [-0.05, 0) is 35.4 Å². The topological polar surface area (TPSA) is 55.6 Å². The number of anilines is 1. The fourth-order valence-electron chi connectivity index (χ4n) is 2.76. The lowest BCUT2D eigenvalue weighted by Crippen LogP contribution is -2.05. The third-order valence-corrected chi connectivity index (χ3v) is 4.98. The van der Waals surface area contributed by atoms with Crippen molar-refractivity contribution in [3.8, 4) is 0 Å². The fraction of sp³-hybridized carbons (Fsp3) is 0.105. The van der Waals surface area contributed by atoms with Crippen molar-refractivity contribution in [2.45, 2.75) is 13.1 Å². The number of hydrogen-bond donors (Lipinski definition) is 1. The van der Waals surface area contributed by atoms with E-state index in [1.54, 1.807) is 12.3 Å². The van der Waals surface area contributed by atoms with Gasteiger partial charge in [0.05, 0.1) is 18.1 Å². The summed E-state index contributed by atoms with van der Waals surface area (Å²) in [6.45, 7) is 1.12. The maximum absolute atomic E-state index is 6.24. The summed E-state index contributed by atoms with van der Waals surface area (Å²) >= 11 is 18.1. The van der Waals surface area contributed by atoms with Crippen molar-refractivity contribution in [1.82, 2.24) is 19.7 Å². The van der Waals surface area contributed by atoms with E-state index in [1.807, 2.05) is 41.1 Å². The number of fused-ring (bicyclic) bond motifs is 1. The Morgan fingerprint density at radius 2 is 1.70 bits per heavy atom. The lowest BCUT2D eigenvalue weighted by Gasteiger charge is -2.09. The Labute approximate surface area is 170 Å². The van der Waals surface area contributed by atoms with E-state index in [9.17, 15) is 0 Å². The number of halogens is 3. The van der Waals surface area contributed by atoms with E-state index in [0.717, 1.165) is 22.2 Å². The zero-order valence-corrected chi connectivity index (χ0v) is 16.3. The number of hydrogen-bond acceptors (Lipinski definition) is 4. The van der Waals surface area contributed by atoms with Crippen LogP contribution in [0.15, 0.2) is 55.0 Å². The summed E-state index contributed by atoms with van der Waals surface area (Å²) < 4.78 is 1.83. The van der Waals surface area contributed by atoms with Gasteiger partial charge in [0.1, 0.15) is 12.1 Å². The van der Waals surface area contributed by atoms with Crippen LogP contribution < -0.4 is 5.32 Å². The maximum atomic E-state index is 6.24. The molecule has 8 heteroatoms. The van der Waals surface area contributed by atoms with Crippen molar-refractivity contribution in [1.29, 1.82) is 0 Å². The lowest BCUT2D eigenvalue weighted by atomic mass is 10.2. The third-order valence-electron chi connectivity index (χ3n) is 4.14. The van der Waals surface area contributed by atoms with E-state index in [1.165, 1.54) is 6.33 Å². The molecule has 0 amide bonds. The molecule has 0 unspecified atom stereocenters. The van der Waals surface area contributed by atoms with Crippen molar-refractivity contribution in [2.24, 2.45) is 0 Å². The van der Waals surface area contributed by atoms with Crippen molar-refractivity contribution in [2.75, 3.05) is 5.32 Å². The molecule has 0 spiro atoms. The largest absolute Gasteiger partial charge is 0.365 e. The van der Waals surface area contributed by atoms with Gasteiger partial charge in [-0.2, -0.15) is 5.10 Å². The van der Waals surface area contributed by atoms with Crippen LogP contribution in [-0.2, 0) is 13.1 Å². The van der Waals surface area contributed by atoms with Gasteiger partial charge in [0.15, 0.2) is 5.65 Å². The molecule has 0 radical (unpaired) electrons. The van der Waals surface area contributed by atoms with E-state index in [0.29, 0.717) is 34.0 Å². The first-order valence-electron chi connectivity index (χ1n) is 8.19. The molecule has 0 atom stereocenters. The number of rotatable bonds is 5. The maximum Gasteiger partial charge on any atom is 0.163 e. The Morgan fingerprint density at radius 3 is 2.48 bits per heavy atom. The molecule has 0 aliphatic heterocycles. The van der Waals surface area contributed by atoms with Gasteiger partial charge in [-0.3, -0.25) is 0 Å². The summed E-state index contributed by atoms with van der Waals surface area (Å²) in [5, 5.41) is 10.5. The van der Waals surface area contributed by atoms with Crippen LogP contribution in [0.4, 0.5) is 5.82 Å². The SMILES string of the molecule is Clc1ccc(Cn2ncc3c(NCc4ccc(Cl)cc4Cl)ncnc32)cc1. The molecule has 27 heavy (non-hydrogen) atoms. The number of nitrogens with zero attached hydrogens (tertiary/aromatic N) is 4. The highest BCUT2D eigenvalue weighted by molar-refractivity contribution is 6.35. The van der Waals surface area contributed by atoms with E-state index in [4.69, 9.17) is 34.8 Å². The Balaban J connectivity index is 1.57. The van der Waals surface area contributed by atoms with Crippen molar-refractivity contribution >= 4 is 51.7 Å². The summed E-state index contributed by atoms with van der Waals surface area (Å²) in [4.78, 5) is 8.72. The van der Waals surface area contributed by atoms with E-state index in [-0.39, 0.29) is 0 Å². The second-order valence-electron chi connectivity index (χ2n) is 5.98. The molecule has 0 fully saturated rings. The van der Waals surface area contributed by atoms with Crippen LogP contribution in [-0.4, -0.2) is 19.7 Å². The molecule has 2 aromatic heterocycles. The minimum atomic E-state index is 0.518. The molecule has 4 rings (SSSR count). The van der Waals surface area contributed by atoms with Gasteiger partial charge in [-0.15, -0.1) is 0 Å². The van der Waals surface area contributed by atoms with E-state index >= 15 is 0 Å². The predicted octanol–water partition coefficient (Wildman–Crippen LogP) is 5.45. The number of benzene rings is 2. The van der Waals surface area contributed by atoms with E-state index in [2.05, 4.69) is 20.4 Å². The monoisotopic (exact) mass is 417 g/mol. The predicted molar refractivity (Wildman–Crippen MR) is 110 cm³/mol. The van der Waals surface area contributed by atoms with Gasteiger partial charge >= 0.3 is 0 Å². The summed E-state index contributed by atoms with van der Waals surface area (Å²) in [5.74, 6) is 0.702. The smallest absolute Gasteiger partial charge is 0.163 e. The molecular formula is C19H14Cl3N5. The van der Waals surface area contributed by atoms with Gasteiger partial charge in [0.25, 0.3) is 0 Å². The average Bonchev–Trinajstić information content (AvgIpc) is 3.06. The second-order valence-corrected chi connectivity index (χ2v) is 7.26. The van der Waals surface area contributed by atoms with E-state index < -0.39 is 0 Å². The Morgan fingerprint density at radius 1 is 0.926 bits per heavy atom. The van der Waals surface area contributed by atoms with Crippen LogP contribution in [0.3, 0.4) is 0 Å². The summed E-state index contributed by atoms with van der Waals surface area (Å²) in [6.07, 6.45) is 3.28. The first-order chi connectivity index (χ1) is 13.1. The normalized spacial score (nSPS) is 11.1. The lowest BCUT2D eigenvalue weighted by molar-refractivity contribution is 0.703. The Kier molecular flexibility index (Phi) is 5.16. The highest BCUT2D eigenvalue weighted by Gasteiger charge is 2.11. The molecule has 2 aromatic carbocycles. The summed E-state index contributed by atoms with van der Waals surface area (Å²) in [5.41, 5.74) is 2.77. The van der Waals surface area contributed by atoms with Crippen LogP contribution in [0.5, 0.6) is 0 Å².